The summed E-state index contributed by atoms with van der Waals surface area (Å²) >= 11 is 8.80. The molecule has 1 amide bonds. The normalized spacial score (nSPS) is 14.1. The molecule has 3 aromatic rings. The summed E-state index contributed by atoms with van der Waals surface area (Å²) in [5.74, 6) is -2.05. The zero-order chi connectivity index (χ0) is 25.5. The van der Waals surface area contributed by atoms with E-state index in [-0.39, 0.29) is 41.9 Å². The monoisotopic (exact) mass is 552 g/mol. The molecular formula is C21H15ClF6N4OS2. The van der Waals surface area contributed by atoms with Gasteiger partial charge in [-0.25, -0.2) is 9.97 Å². The number of nitrogens with zero attached hydrogens (tertiary/aromatic N) is 3. The lowest BCUT2D eigenvalue weighted by molar-refractivity contribution is -0.186. The minimum absolute atomic E-state index is 0.0934. The summed E-state index contributed by atoms with van der Waals surface area (Å²) in [6.07, 6.45) is -7.00. The van der Waals surface area contributed by atoms with Crippen molar-refractivity contribution in [1.29, 1.82) is 0 Å². The third kappa shape index (κ3) is 5.51. The van der Waals surface area contributed by atoms with Crippen LogP contribution in [0.2, 0.25) is 5.02 Å². The standard InChI is InChI=1S/C21H15ClF6N4OS2/c1-34-12-6-16(35-9-12)17-13(20(23,24)25)7-29-19(31-17)30-15-5-10-2-3-32(18(33)21(26,27)28)8-11(10)4-14(15)22/h4-7,9H,2-3,8H2,1H3,(H,29,30,31). The lowest BCUT2D eigenvalue weighted by Gasteiger charge is -2.30. The van der Waals surface area contributed by atoms with Crippen LogP contribution in [0.4, 0.5) is 38.0 Å². The van der Waals surface area contributed by atoms with Gasteiger partial charge in [0.05, 0.1) is 21.3 Å². The van der Waals surface area contributed by atoms with Gasteiger partial charge in [-0.3, -0.25) is 4.79 Å². The van der Waals surface area contributed by atoms with Crippen LogP contribution in [0.25, 0.3) is 10.6 Å². The number of thiophene rings is 1. The van der Waals surface area contributed by atoms with Crippen LogP contribution in [-0.2, 0) is 23.9 Å². The zero-order valence-corrected chi connectivity index (χ0v) is 20.1. The van der Waals surface area contributed by atoms with Gasteiger partial charge >= 0.3 is 18.3 Å². The number of halogens is 7. The van der Waals surface area contributed by atoms with E-state index in [1.807, 2.05) is 0 Å². The van der Waals surface area contributed by atoms with E-state index in [4.69, 9.17) is 11.6 Å². The van der Waals surface area contributed by atoms with Gasteiger partial charge in [-0.05, 0) is 42.0 Å². The molecule has 1 aromatic carbocycles. The number of rotatable bonds is 4. The maximum Gasteiger partial charge on any atom is 0.471 e. The van der Waals surface area contributed by atoms with Gasteiger partial charge in [0.1, 0.15) is 5.56 Å². The molecule has 1 N–H and O–H groups in total. The SMILES string of the molecule is CSc1csc(-c2nc(Nc3cc4c(cc3Cl)CN(C(=O)C(F)(F)F)CC4)ncc2C(F)(F)F)c1. The quantitative estimate of drug-likeness (QED) is 0.285. The molecule has 0 unspecified atom stereocenters. The number of thioether (sulfide) groups is 1. The van der Waals surface area contributed by atoms with Crippen LogP contribution in [0.1, 0.15) is 16.7 Å². The maximum atomic E-state index is 13.6. The molecule has 0 saturated carbocycles. The van der Waals surface area contributed by atoms with Crippen molar-refractivity contribution in [3.8, 4) is 10.6 Å². The topological polar surface area (TPSA) is 58.1 Å². The number of anilines is 2. The number of nitrogens with one attached hydrogen (secondary N) is 1. The Hall–Kier alpha value is -2.51. The highest BCUT2D eigenvalue weighted by atomic mass is 35.5. The Morgan fingerprint density at radius 2 is 1.91 bits per heavy atom. The third-order valence-corrected chi connectivity index (χ3v) is 7.32. The largest absolute Gasteiger partial charge is 0.471 e. The van der Waals surface area contributed by atoms with Crippen LogP contribution < -0.4 is 5.32 Å². The summed E-state index contributed by atoms with van der Waals surface area (Å²) in [4.78, 5) is 21.2. The highest BCUT2D eigenvalue weighted by Gasteiger charge is 2.43. The first-order chi connectivity index (χ1) is 16.4. The molecule has 1 aliphatic rings. The van der Waals surface area contributed by atoms with Crippen LogP contribution in [0.5, 0.6) is 0 Å². The molecule has 0 atom stereocenters. The highest BCUT2D eigenvalue weighted by Crippen LogP contribution is 2.40. The van der Waals surface area contributed by atoms with E-state index in [1.165, 1.54) is 17.8 Å². The number of amides is 1. The Kier molecular flexibility index (Phi) is 6.95. The average molecular weight is 553 g/mol. The summed E-state index contributed by atoms with van der Waals surface area (Å²) < 4.78 is 79.0. The minimum atomic E-state index is -4.97. The first-order valence-electron chi connectivity index (χ1n) is 9.88. The van der Waals surface area contributed by atoms with Crippen LogP contribution in [0.3, 0.4) is 0 Å². The van der Waals surface area contributed by atoms with E-state index in [1.54, 1.807) is 23.8 Å². The predicted octanol–water partition coefficient (Wildman–Crippen LogP) is 6.79. The van der Waals surface area contributed by atoms with Gasteiger partial charge in [-0.15, -0.1) is 23.1 Å². The molecule has 0 radical (unpaired) electrons. The second-order valence-corrected chi connectivity index (χ2v) is 9.70. The average Bonchev–Trinajstić information content (AvgIpc) is 3.27. The van der Waals surface area contributed by atoms with E-state index in [0.29, 0.717) is 27.1 Å². The van der Waals surface area contributed by atoms with Crippen LogP contribution in [0, 0.1) is 0 Å². The molecule has 4 rings (SSSR count). The van der Waals surface area contributed by atoms with E-state index >= 15 is 0 Å². The summed E-state index contributed by atoms with van der Waals surface area (Å²) in [6, 6.07) is 4.60. The van der Waals surface area contributed by atoms with E-state index < -0.39 is 23.8 Å². The second kappa shape index (κ2) is 9.51. The van der Waals surface area contributed by atoms with Gasteiger partial charge in [0, 0.05) is 29.6 Å². The number of carbonyl (C=O) groups excluding carboxylic acids is 1. The van der Waals surface area contributed by atoms with Crippen LogP contribution >= 0.6 is 34.7 Å². The molecular weight excluding hydrogens is 538 g/mol. The van der Waals surface area contributed by atoms with E-state index in [9.17, 15) is 31.1 Å². The maximum absolute atomic E-state index is 13.6. The lowest BCUT2D eigenvalue weighted by atomic mass is 9.99. The fourth-order valence-corrected chi connectivity index (χ4v) is 5.38. The van der Waals surface area contributed by atoms with Gasteiger partial charge in [-0.1, -0.05) is 11.6 Å². The summed E-state index contributed by atoms with van der Waals surface area (Å²) in [5.41, 5.74) is 0.113. The van der Waals surface area contributed by atoms with Gasteiger partial charge in [0.25, 0.3) is 0 Å². The van der Waals surface area contributed by atoms with E-state index in [2.05, 4.69) is 15.3 Å². The molecule has 2 aromatic heterocycles. The zero-order valence-electron chi connectivity index (χ0n) is 17.7. The van der Waals surface area contributed by atoms with Crippen molar-refractivity contribution in [2.24, 2.45) is 0 Å². The van der Waals surface area contributed by atoms with Crippen molar-refractivity contribution in [1.82, 2.24) is 14.9 Å². The molecule has 0 fully saturated rings. The molecule has 186 valence electrons. The fraction of sp³-hybridized carbons (Fsp3) is 0.286. The van der Waals surface area contributed by atoms with Gasteiger partial charge in [0.2, 0.25) is 5.95 Å². The van der Waals surface area contributed by atoms with Gasteiger partial charge in [0.15, 0.2) is 0 Å². The number of hydrogen-bond donors (Lipinski definition) is 1. The van der Waals surface area contributed by atoms with Gasteiger partial charge in [-0.2, -0.15) is 26.3 Å². The number of alkyl halides is 6. The minimum Gasteiger partial charge on any atom is -0.330 e. The Bertz CT molecular complexity index is 1280. The first kappa shape index (κ1) is 25.6. The summed E-state index contributed by atoms with van der Waals surface area (Å²) in [7, 11) is 0. The molecule has 14 heteroatoms. The molecule has 0 spiro atoms. The summed E-state index contributed by atoms with van der Waals surface area (Å²) in [6.45, 7) is -0.395. The molecule has 1 aliphatic heterocycles. The molecule has 35 heavy (non-hydrogen) atoms. The summed E-state index contributed by atoms with van der Waals surface area (Å²) in [5, 5.41) is 4.63. The lowest BCUT2D eigenvalue weighted by Crippen LogP contribution is -2.43. The van der Waals surface area contributed by atoms with Crippen molar-refractivity contribution in [3.63, 3.8) is 0 Å². The molecule has 0 aliphatic carbocycles. The van der Waals surface area contributed by atoms with Crippen molar-refractivity contribution in [3.05, 3.63) is 51.5 Å². The Morgan fingerprint density at radius 1 is 1.17 bits per heavy atom. The van der Waals surface area contributed by atoms with Crippen molar-refractivity contribution in [2.75, 3.05) is 18.1 Å². The number of benzene rings is 1. The fourth-order valence-electron chi connectivity index (χ4n) is 3.54. The Morgan fingerprint density at radius 3 is 2.54 bits per heavy atom. The number of fused-ring (bicyclic) bond motifs is 1. The van der Waals surface area contributed by atoms with Crippen LogP contribution in [-0.4, -0.2) is 39.8 Å². The molecule has 0 bridgehead atoms. The van der Waals surface area contributed by atoms with Crippen molar-refractivity contribution >= 4 is 52.2 Å². The molecule has 0 saturated heterocycles. The number of carbonyl (C=O) groups is 1. The van der Waals surface area contributed by atoms with Crippen molar-refractivity contribution in [2.45, 2.75) is 30.2 Å². The predicted molar refractivity (Wildman–Crippen MR) is 122 cm³/mol. The van der Waals surface area contributed by atoms with Crippen molar-refractivity contribution < 1.29 is 31.1 Å². The Labute approximate surface area is 208 Å². The Balaban J connectivity index is 1.64. The molecule has 5 nitrogen and oxygen atoms in total. The first-order valence-corrected chi connectivity index (χ1v) is 12.4. The number of aromatic nitrogens is 2. The smallest absolute Gasteiger partial charge is 0.330 e. The highest BCUT2D eigenvalue weighted by molar-refractivity contribution is 7.98. The van der Waals surface area contributed by atoms with Crippen LogP contribution in [0.15, 0.2) is 34.7 Å². The second-order valence-electron chi connectivity index (χ2n) is 7.50. The van der Waals surface area contributed by atoms with E-state index in [0.717, 1.165) is 16.2 Å². The van der Waals surface area contributed by atoms with Gasteiger partial charge < -0.3 is 10.2 Å². The number of hydrogen-bond acceptors (Lipinski definition) is 6. The molecule has 3 heterocycles. The third-order valence-electron chi connectivity index (χ3n) is 5.22.